The Morgan fingerprint density at radius 1 is 0.636 bits per heavy atom. The quantitative estimate of drug-likeness (QED) is 0.637. The zero-order valence-corrected chi connectivity index (χ0v) is 6.82. The van der Waals surface area contributed by atoms with Gasteiger partial charge in [-0.2, -0.15) is 0 Å². The molecule has 0 aliphatic carbocycles. The van der Waals surface area contributed by atoms with E-state index < -0.39 is 0 Å². The molecule has 0 saturated heterocycles. The van der Waals surface area contributed by atoms with Crippen LogP contribution >= 0.6 is 0 Å². The second-order valence-electron chi connectivity index (χ2n) is 2.05. The van der Waals surface area contributed by atoms with Crippen molar-refractivity contribution in [2.75, 3.05) is 0 Å². The van der Waals surface area contributed by atoms with Crippen molar-refractivity contribution in [3.8, 4) is 0 Å². The first-order chi connectivity index (χ1) is 5.45. The number of rotatable bonds is 2. The Labute approximate surface area is 71.7 Å². The fourth-order valence-corrected chi connectivity index (χ4v) is 1.64. The summed E-state index contributed by atoms with van der Waals surface area (Å²) in [5.41, 5.74) is 0. The Kier molecular flexibility index (Phi) is 1.82. The summed E-state index contributed by atoms with van der Waals surface area (Å²) < 4.78 is 4.12. The first-order valence-electron chi connectivity index (χ1n) is 3.32. The van der Waals surface area contributed by atoms with Crippen molar-refractivity contribution >= 4 is 0 Å². The molecular formula is C8H8N2Ni. The summed E-state index contributed by atoms with van der Waals surface area (Å²) in [6, 6.07) is 8.06. The first kappa shape index (κ1) is 6.74. The van der Waals surface area contributed by atoms with Gasteiger partial charge >= 0.3 is 71.2 Å². The van der Waals surface area contributed by atoms with E-state index in [1.807, 2.05) is 49.1 Å². The van der Waals surface area contributed by atoms with Gasteiger partial charge in [0, 0.05) is 0 Å². The molecule has 2 rings (SSSR count). The maximum absolute atomic E-state index is 2.06. The number of hydrogen-bond acceptors (Lipinski definition) is 0. The molecule has 2 nitrogen and oxygen atoms in total. The standard InChI is InChI=1S/2C4H4N.Ni/c2*1-2-4-5-3-1;/h2*1-4H;/q2*-1;+2. The van der Waals surface area contributed by atoms with Crippen molar-refractivity contribution in [1.29, 1.82) is 0 Å². The molecule has 2 aromatic rings. The van der Waals surface area contributed by atoms with Gasteiger partial charge in [-0.1, -0.05) is 0 Å². The molecule has 0 atom stereocenters. The third-order valence-electron chi connectivity index (χ3n) is 1.25. The van der Waals surface area contributed by atoms with Crippen molar-refractivity contribution < 1.29 is 14.9 Å². The number of aromatic nitrogens is 2. The van der Waals surface area contributed by atoms with E-state index in [1.54, 1.807) is 0 Å². The Hall–Kier alpha value is -0.946. The van der Waals surface area contributed by atoms with Crippen molar-refractivity contribution in [1.82, 2.24) is 7.30 Å². The van der Waals surface area contributed by atoms with Gasteiger partial charge < -0.3 is 0 Å². The molecule has 3 heteroatoms. The molecule has 0 fully saturated rings. The van der Waals surface area contributed by atoms with Crippen LogP contribution in [0.2, 0.25) is 0 Å². The summed E-state index contributed by atoms with van der Waals surface area (Å²) in [4.78, 5) is 0. The predicted octanol–water partition coefficient (Wildman–Crippen LogP) is 1.60. The van der Waals surface area contributed by atoms with Crippen molar-refractivity contribution in [3.63, 3.8) is 0 Å². The summed E-state index contributed by atoms with van der Waals surface area (Å²) in [5.74, 6) is 0. The summed E-state index contributed by atoms with van der Waals surface area (Å²) in [7, 11) is 0. The predicted molar refractivity (Wildman–Crippen MR) is 39.7 cm³/mol. The summed E-state index contributed by atoms with van der Waals surface area (Å²) in [6.07, 6.45) is 8.11. The van der Waals surface area contributed by atoms with Crippen LogP contribution in [-0.4, -0.2) is 7.30 Å². The minimum absolute atomic E-state index is 1.45. The SMILES string of the molecule is c1cc[n]([Ni][n]2cccc2)c1. The second-order valence-corrected chi connectivity index (χ2v) is 3.27. The van der Waals surface area contributed by atoms with Crippen LogP contribution in [0, 0.1) is 0 Å². The molecule has 0 bridgehead atoms. The molecule has 0 spiro atoms. The van der Waals surface area contributed by atoms with Crippen LogP contribution in [0.25, 0.3) is 0 Å². The van der Waals surface area contributed by atoms with Crippen molar-refractivity contribution in [2.45, 2.75) is 0 Å². The molecule has 11 heavy (non-hydrogen) atoms. The molecule has 2 heterocycles. The van der Waals surface area contributed by atoms with Crippen molar-refractivity contribution in [2.24, 2.45) is 0 Å². The molecule has 0 aliphatic heterocycles. The van der Waals surface area contributed by atoms with E-state index in [9.17, 15) is 0 Å². The first-order valence-corrected chi connectivity index (χ1v) is 4.20. The van der Waals surface area contributed by atoms with Crippen LogP contribution in [0.3, 0.4) is 0 Å². The van der Waals surface area contributed by atoms with E-state index in [4.69, 9.17) is 0 Å². The van der Waals surface area contributed by atoms with Crippen LogP contribution in [0.1, 0.15) is 0 Å². The Morgan fingerprint density at radius 3 is 1.36 bits per heavy atom. The van der Waals surface area contributed by atoms with Crippen LogP contribution in [-0.2, 0) is 14.9 Å². The van der Waals surface area contributed by atoms with Gasteiger partial charge in [-0.3, -0.25) is 0 Å². The van der Waals surface area contributed by atoms with Gasteiger partial charge in [-0.05, 0) is 0 Å². The van der Waals surface area contributed by atoms with Crippen LogP contribution in [0.4, 0.5) is 0 Å². The molecule has 0 aliphatic rings. The Morgan fingerprint density at radius 2 is 1.00 bits per heavy atom. The number of nitrogens with zero attached hydrogens (tertiary/aromatic N) is 2. The molecular weight excluding hydrogens is 183 g/mol. The topological polar surface area (TPSA) is 9.86 Å². The molecule has 0 aromatic carbocycles. The van der Waals surface area contributed by atoms with E-state index >= 15 is 0 Å². The van der Waals surface area contributed by atoms with Gasteiger partial charge in [0.05, 0.1) is 0 Å². The molecule has 0 unspecified atom stereocenters. The Bertz CT molecular complexity index is 264. The molecule has 0 radical (unpaired) electrons. The monoisotopic (exact) mass is 190 g/mol. The number of hydrogen-bond donors (Lipinski definition) is 0. The average molecular weight is 191 g/mol. The molecule has 0 N–H and O–H groups in total. The molecule has 2 aromatic heterocycles. The summed E-state index contributed by atoms with van der Waals surface area (Å²) in [6.45, 7) is 0. The van der Waals surface area contributed by atoms with Gasteiger partial charge in [0.1, 0.15) is 0 Å². The third-order valence-corrected chi connectivity index (χ3v) is 2.29. The van der Waals surface area contributed by atoms with E-state index in [0.717, 1.165) is 0 Å². The van der Waals surface area contributed by atoms with E-state index in [2.05, 4.69) is 7.30 Å². The van der Waals surface area contributed by atoms with E-state index in [0.29, 0.717) is 0 Å². The summed E-state index contributed by atoms with van der Waals surface area (Å²) in [5, 5.41) is 0. The maximum atomic E-state index is 2.06. The third kappa shape index (κ3) is 1.55. The van der Waals surface area contributed by atoms with Crippen LogP contribution < -0.4 is 0 Å². The van der Waals surface area contributed by atoms with Gasteiger partial charge in [0.25, 0.3) is 0 Å². The minimum atomic E-state index is 1.45. The molecule has 0 saturated carbocycles. The van der Waals surface area contributed by atoms with E-state index in [-0.39, 0.29) is 0 Å². The van der Waals surface area contributed by atoms with Gasteiger partial charge in [-0.15, -0.1) is 0 Å². The Balaban J connectivity index is 2.14. The van der Waals surface area contributed by atoms with Gasteiger partial charge in [0.15, 0.2) is 0 Å². The zero-order chi connectivity index (χ0) is 7.52. The average Bonchev–Trinajstić information content (AvgIpc) is 2.60. The normalized spacial score (nSPS) is 10.5. The zero-order valence-electron chi connectivity index (χ0n) is 5.83. The summed E-state index contributed by atoms with van der Waals surface area (Å²) >= 11 is 1.45. The fourth-order valence-electron chi connectivity index (χ4n) is 0.774. The van der Waals surface area contributed by atoms with Gasteiger partial charge in [-0.25, -0.2) is 0 Å². The fraction of sp³-hybridized carbons (Fsp3) is 0. The van der Waals surface area contributed by atoms with E-state index in [1.165, 1.54) is 14.9 Å². The van der Waals surface area contributed by atoms with Gasteiger partial charge in [0.2, 0.25) is 0 Å². The second kappa shape index (κ2) is 2.97. The van der Waals surface area contributed by atoms with Crippen LogP contribution in [0.15, 0.2) is 49.1 Å². The molecule has 60 valence electrons. The molecule has 0 amide bonds. The van der Waals surface area contributed by atoms with Crippen LogP contribution in [0.5, 0.6) is 0 Å². The van der Waals surface area contributed by atoms with Crippen molar-refractivity contribution in [3.05, 3.63) is 49.1 Å².